The van der Waals surface area contributed by atoms with Crippen LogP contribution in [0.2, 0.25) is 0 Å². The molecule has 0 amide bonds. The van der Waals surface area contributed by atoms with Gasteiger partial charge in [0.2, 0.25) is 0 Å². The fourth-order valence-corrected chi connectivity index (χ4v) is 2.66. The van der Waals surface area contributed by atoms with Crippen molar-refractivity contribution >= 4 is 0 Å². The van der Waals surface area contributed by atoms with Gasteiger partial charge in [0.15, 0.2) is 0 Å². The van der Waals surface area contributed by atoms with Gasteiger partial charge < -0.3 is 0 Å². The molecule has 1 fully saturated rings. The van der Waals surface area contributed by atoms with Crippen LogP contribution in [0.3, 0.4) is 0 Å². The molecule has 0 bridgehead atoms. The summed E-state index contributed by atoms with van der Waals surface area (Å²) in [6.07, 6.45) is 7.96. The molecule has 1 aromatic rings. The Morgan fingerprint density at radius 2 is 2.29 bits per heavy atom. The normalized spacial score (nSPS) is 16.5. The van der Waals surface area contributed by atoms with Crippen molar-refractivity contribution in [1.82, 2.24) is 14.7 Å². The van der Waals surface area contributed by atoms with Gasteiger partial charge in [0.25, 0.3) is 0 Å². The van der Waals surface area contributed by atoms with E-state index in [9.17, 15) is 0 Å². The summed E-state index contributed by atoms with van der Waals surface area (Å²) in [6.45, 7) is 1.53. The smallest absolute Gasteiger partial charge is 0.0868 e. The second-order valence-electron chi connectivity index (χ2n) is 4.76. The van der Waals surface area contributed by atoms with E-state index < -0.39 is 0 Å². The van der Waals surface area contributed by atoms with Gasteiger partial charge in [-0.2, -0.15) is 10.4 Å². The Hall–Kier alpha value is -1.34. The largest absolute Gasteiger partial charge is 0.287 e. The number of aromatic nitrogens is 2. The summed E-state index contributed by atoms with van der Waals surface area (Å²) >= 11 is 0. The minimum absolute atomic E-state index is 0.558. The molecule has 0 radical (unpaired) electrons. The van der Waals surface area contributed by atoms with Gasteiger partial charge in [-0.25, -0.2) is 0 Å². The lowest BCUT2D eigenvalue weighted by molar-refractivity contribution is 0.224. The zero-order chi connectivity index (χ0) is 12.1. The van der Waals surface area contributed by atoms with Crippen LogP contribution in [-0.4, -0.2) is 33.8 Å². The van der Waals surface area contributed by atoms with Crippen molar-refractivity contribution in [1.29, 1.82) is 5.26 Å². The third-order valence-electron chi connectivity index (χ3n) is 3.69. The fourth-order valence-electron chi connectivity index (χ4n) is 2.66. The molecule has 1 aliphatic carbocycles. The lowest BCUT2D eigenvalue weighted by Gasteiger charge is -2.25. The van der Waals surface area contributed by atoms with Gasteiger partial charge >= 0.3 is 0 Å². The van der Waals surface area contributed by atoms with Crippen molar-refractivity contribution in [2.24, 2.45) is 7.05 Å². The highest BCUT2D eigenvalue weighted by Crippen LogP contribution is 2.23. The summed E-state index contributed by atoms with van der Waals surface area (Å²) < 4.78 is 1.92. The molecule has 0 aromatic carbocycles. The first-order valence-electron chi connectivity index (χ1n) is 6.39. The van der Waals surface area contributed by atoms with Crippen molar-refractivity contribution in [2.45, 2.75) is 38.1 Å². The van der Waals surface area contributed by atoms with E-state index in [1.807, 2.05) is 17.9 Å². The molecule has 4 heteroatoms. The molecule has 1 aromatic heterocycles. The van der Waals surface area contributed by atoms with E-state index in [0.29, 0.717) is 12.6 Å². The Morgan fingerprint density at radius 1 is 1.53 bits per heavy atom. The minimum atomic E-state index is 0.558. The van der Waals surface area contributed by atoms with Gasteiger partial charge in [0, 0.05) is 37.9 Å². The Bertz CT molecular complexity index is 384. The summed E-state index contributed by atoms with van der Waals surface area (Å²) in [7, 11) is 1.97. The zero-order valence-corrected chi connectivity index (χ0v) is 10.5. The average Bonchev–Trinajstić information content (AvgIpc) is 2.96. The van der Waals surface area contributed by atoms with E-state index in [0.717, 1.165) is 13.0 Å². The Morgan fingerprint density at radius 3 is 2.88 bits per heavy atom. The van der Waals surface area contributed by atoms with Crippen LogP contribution < -0.4 is 0 Å². The van der Waals surface area contributed by atoms with Gasteiger partial charge in [-0.1, -0.05) is 12.8 Å². The Labute approximate surface area is 103 Å². The molecule has 0 aliphatic heterocycles. The fraction of sp³-hybridized carbons (Fsp3) is 0.692. The van der Waals surface area contributed by atoms with Crippen molar-refractivity contribution in [3.8, 4) is 6.07 Å². The van der Waals surface area contributed by atoms with E-state index >= 15 is 0 Å². The molecule has 0 atom stereocenters. The highest BCUT2D eigenvalue weighted by molar-refractivity contribution is 5.01. The first kappa shape index (κ1) is 12.1. The lowest BCUT2D eigenvalue weighted by Crippen LogP contribution is -2.35. The Kier molecular flexibility index (Phi) is 4.16. The molecular weight excluding hydrogens is 212 g/mol. The van der Waals surface area contributed by atoms with E-state index in [-0.39, 0.29) is 0 Å². The summed E-state index contributed by atoms with van der Waals surface area (Å²) in [5, 5.41) is 13.1. The average molecular weight is 232 g/mol. The number of hydrogen-bond acceptors (Lipinski definition) is 3. The molecule has 1 aliphatic rings. The van der Waals surface area contributed by atoms with Crippen molar-refractivity contribution in [3.05, 3.63) is 18.0 Å². The highest BCUT2D eigenvalue weighted by atomic mass is 15.3. The van der Waals surface area contributed by atoms with Crippen LogP contribution in [0.5, 0.6) is 0 Å². The number of rotatable bonds is 5. The summed E-state index contributed by atoms with van der Waals surface area (Å²) in [4.78, 5) is 2.33. The molecular formula is C13H20N4. The number of nitriles is 1. The second-order valence-corrected chi connectivity index (χ2v) is 4.76. The maximum absolute atomic E-state index is 8.90. The standard InChI is InChI=1S/C13H20N4/c1-16-12(6-9-15-16)7-10-17(11-8-14)13-4-2-3-5-13/h6,9,13H,2-5,7,10-11H2,1H3. The third kappa shape index (κ3) is 3.07. The summed E-state index contributed by atoms with van der Waals surface area (Å²) in [5.74, 6) is 0. The molecule has 92 valence electrons. The van der Waals surface area contributed by atoms with E-state index in [4.69, 9.17) is 5.26 Å². The molecule has 1 saturated carbocycles. The number of aryl methyl sites for hydroxylation is 1. The van der Waals surface area contributed by atoms with E-state index in [1.54, 1.807) is 0 Å². The summed E-state index contributed by atoms with van der Waals surface area (Å²) in [6, 6.07) is 4.98. The molecule has 1 heterocycles. The van der Waals surface area contributed by atoms with Crippen LogP contribution in [0.1, 0.15) is 31.4 Å². The predicted molar refractivity (Wildman–Crippen MR) is 66.4 cm³/mol. The minimum Gasteiger partial charge on any atom is -0.287 e. The predicted octanol–water partition coefficient (Wildman–Crippen LogP) is 1.73. The van der Waals surface area contributed by atoms with Crippen LogP contribution in [0.4, 0.5) is 0 Å². The van der Waals surface area contributed by atoms with Crippen LogP contribution in [0.15, 0.2) is 12.3 Å². The van der Waals surface area contributed by atoms with Gasteiger partial charge in [-0.15, -0.1) is 0 Å². The van der Waals surface area contributed by atoms with Crippen molar-refractivity contribution < 1.29 is 0 Å². The van der Waals surface area contributed by atoms with Crippen LogP contribution in [0, 0.1) is 11.3 Å². The van der Waals surface area contributed by atoms with Gasteiger partial charge in [-0.3, -0.25) is 9.58 Å². The van der Waals surface area contributed by atoms with E-state index in [2.05, 4.69) is 22.1 Å². The van der Waals surface area contributed by atoms with E-state index in [1.165, 1.54) is 31.4 Å². The molecule has 4 nitrogen and oxygen atoms in total. The maximum atomic E-state index is 8.90. The topological polar surface area (TPSA) is 44.9 Å². The van der Waals surface area contributed by atoms with Crippen LogP contribution in [-0.2, 0) is 13.5 Å². The molecule has 0 N–H and O–H groups in total. The third-order valence-corrected chi connectivity index (χ3v) is 3.69. The van der Waals surface area contributed by atoms with Crippen molar-refractivity contribution in [3.63, 3.8) is 0 Å². The monoisotopic (exact) mass is 232 g/mol. The number of hydrogen-bond donors (Lipinski definition) is 0. The molecule has 0 spiro atoms. The lowest BCUT2D eigenvalue weighted by atomic mass is 10.2. The van der Waals surface area contributed by atoms with Crippen LogP contribution >= 0.6 is 0 Å². The highest BCUT2D eigenvalue weighted by Gasteiger charge is 2.22. The van der Waals surface area contributed by atoms with Crippen molar-refractivity contribution in [2.75, 3.05) is 13.1 Å². The zero-order valence-electron chi connectivity index (χ0n) is 10.5. The molecule has 0 saturated heterocycles. The van der Waals surface area contributed by atoms with Gasteiger partial charge in [-0.05, 0) is 18.9 Å². The number of nitrogens with zero attached hydrogens (tertiary/aromatic N) is 4. The van der Waals surface area contributed by atoms with Crippen LogP contribution in [0.25, 0.3) is 0 Å². The SMILES string of the molecule is Cn1nccc1CCN(CC#N)C1CCCC1. The quantitative estimate of drug-likeness (QED) is 0.726. The molecule has 0 unspecified atom stereocenters. The van der Waals surface area contributed by atoms with Gasteiger partial charge in [0.05, 0.1) is 12.6 Å². The summed E-state index contributed by atoms with van der Waals surface area (Å²) in [5.41, 5.74) is 1.24. The maximum Gasteiger partial charge on any atom is 0.0868 e. The second kappa shape index (κ2) is 5.83. The Balaban J connectivity index is 1.89. The molecule has 2 rings (SSSR count). The first-order chi connectivity index (χ1) is 8.31. The van der Waals surface area contributed by atoms with Gasteiger partial charge in [0.1, 0.15) is 0 Å². The molecule has 17 heavy (non-hydrogen) atoms. The first-order valence-corrected chi connectivity index (χ1v) is 6.39.